The Labute approximate surface area is 57.6 Å². The summed E-state index contributed by atoms with van der Waals surface area (Å²) in [5.41, 5.74) is 0. The molecule has 0 heterocycles. The van der Waals surface area contributed by atoms with Gasteiger partial charge in [0.1, 0.15) is 0 Å². The first kappa shape index (κ1) is 8.47. The lowest BCUT2D eigenvalue weighted by Crippen LogP contribution is -2.17. The van der Waals surface area contributed by atoms with Gasteiger partial charge in [-0.05, 0) is 20.3 Å². The topological polar surface area (TPSA) is 15.6 Å². The van der Waals surface area contributed by atoms with Gasteiger partial charge in [0.15, 0.2) is 0 Å². The van der Waals surface area contributed by atoms with Crippen LogP contribution in [0, 0.1) is 0 Å². The Morgan fingerprint density at radius 1 is 1.44 bits per heavy atom. The lowest BCUT2D eigenvalue weighted by molar-refractivity contribution is 0.306. The molecule has 0 aromatic carbocycles. The number of hydrogen-bond acceptors (Lipinski definition) is 2. The molecule has 0 bridgehead atoms. The fourth-order valence-electron chi connectivity index (χ4n) is 0.719. The SMILES string of the molecule is C/C=N\N(CC)CCC. The van der Waals surface area contributed by atoms with Crippen molar-refractivity contribution >= 4 is 6.21 Å². The molecule has 0 aromatic heterocycles. The maximum absolute atomic E-state index is 4.14. The molecule has 0 aromatic rings. The largest absolute Gasteiger partial charge is 0.298 e. The van der Waals surface area contributed by atoms with E-state index in [2.05, 4.69) is 24.0 Å². The molecule has 0 fully saturated rings. The second-order valence-corrected chi connectivity index (χ2v) is 1.92. The summed E-state index contributed by atoms with van der Waals surface area (Å²) in [5.74, 6) is 0. The van der Waals surface area contributed by atoms with Gasteiger partial charge in [-0.15, -0.1) is 0 Å². The van der Waals surface area contributed by atoms with Crippen molar-refractivity contribution in [2.24, 2.45) is 5.10 Å². The van der Waals surface area contributed by atoms with Gasteiger partial charge in [-0.2, -0.15) is 5.10 Å². The van der Waals surface area contributed by atoms with Gasteiger partial charge >= 0.3 is 0 Å². The molecule has 0 aliphatic rings. The Kier molecular flexibility index (Phi) is 5.27. The van der Waals surface area contributed by atoms with Crippen molar-refractivity contribution in [2.75, 3.05) is 13.1 Å². The molecule has 0 aliphatic carbocycles. The van der Waals surface area contributed by atoms with E-state index in [0.717, 1.165) is 13.1 Å². The molecule has 0 unspecified atom stereocenters. The van der Waals surface area contributed by atoms with Crippen LogP contribution >= 0.6 is 0 Å². The predicted octanol–water partition coefficient (Wildman–Crippen LogP) is 1.72. The highest BCUT2D eigenvalue weighted by molar-refractivity contribution is 5.52. The van der Waals surface area contributed by atoms with Crippen LogP contribution in [0.25, 0.3) is 0 Å². The molecule has 0 amide bonds. The van der Waals surface area contributed by atoms with Crippen LogP contribution in [0.2, 0.25) is 0 Å². The molecule has 0 N–H and O–H groups in total. The van der Waals surface area contributed by atoms with E-state index in [4.69, 9.17) is 0 Å². The van der Waals surface area contributed by atoms with Crippen LogP contribution < -0.4 is 0 Å². The molecule has 0 atom stereocenters. The number of nitrogens with zero attached hydrogens (tertiary/aromatic N) is 2. The maximum Gasteiger partial charge on any atom is 0.0357 e. The second kappa shape index (κ2) is 5.60. The molecule has 0 saturated heterocycles. The van der Waals surface area contributed by atoms with E-state index in [9.17, 15) is 0 Å². The number of hydrogen-bond donors (Lipinski definition) is 0. The van der Waals surface area contributed by atoms with E-state index in [-0.39, 0.29) is 0 Å². The van der Waals surface area contributed by atoms with E-state index in [1.54, 1.807) is 0 Å². The van der Waals surface area contributed by atoms with Crippen molar-refractivity contribution < 1.29 is 0 Å². The lowest BCUT2D eigenvalue weighted by Gasteiger charge is -2.14. The summed E-state index contributed by atoms with van der Waals surface area (Å²) in [4.78, 5) is 0. The van der Waals surface area contributed by atoms with Crippen LogP contribution in [-0.2, 0) is 0 Å². The first-order chi connectivity index (χ1) is 4.35. The minimum atomic E-state index is 1.01. The molecule has 9 heavy (non-hydrogen) atoms. The highest BCUT2D eigenvalue weighted by Crippen LogP contribution is 1.89. The van der Waals surface area contributed by atoms with Gasteiger partial charge in [0.25, 0.3) is 0 Å². The zero-order chi connectivity index (χ0) is 7.11. The van der Waals surface area contributed by atoms with Gasteiger partial charge in [-0.1, -0.05) is 6.92 Å². The monoisotopic (exact) mass is 128 g/mol. The van der Waals surface area contributed by atoms with Gasteiger partial charge in [0.2, 0.25) is 0 Å². The Hall–Kier alpha value is -0.530. The van der Waals surface area contributed by atoms with Crippen molar-refractivity contribution in [2.45, 2.75) is 27.2 Å². The summed E-state index contributed by atoms with van der Waals surface area (Å²) < 4.78 is 0. The smallest absolute Gasteiger partial charge is 0.0357 e. The zero-order valence-electron chi connectivity index (χ0n) is 6.59. The molecule has 2 heteroatoms. The van der Waals surface area contributed by atoms with Crippen molar-refractivity contribution in [1.82, 2.24) is 5.01 Å². The number of rotatable bonds is 4. The second-order valence-electron chi connectivity index (χ2n) is 1.92. The minimum absolute atomic E-state index is 1.01. The van der Waals surface area contributed by atoms with Crippen LogP contribution in [0.15, 0.2) is 5.10 Å². The Morgan fingerprint density at radius 2 is 2.11 bits per heavy atom. The molecule has 0 saturated carbocycles. The Morgan fingerprint density at radius 3 is 2.44 bits per heavy atom. The highest BCUT2D eigenvalue weighted by atomic mass is 15.4. The summed E-state index contributed by atoms with van der Waals surface area (Å²) in [5, 5.41) is 6.20. The predicted molar refractivity (Wildman–Crippen MR) is 41.7 cm³/mol. The van der Waals surface area contributed by atoms with Crippen LogP contribution in [0.3, 0.4) is 0 Å². The quantitative estimate of drug-likeness (QED) is 0.416. The van der Waals surface area contributed by atoms with E-state index >= 15 is 0 Å². The van der Waals surface area contributed by atoms with Crippen molar-refractivity contribution in [3.63, 3.8) is 0 Å². The highest BCUT2D eigenvalue weighted by Gasteiger charge is 1.90. The van der Waals surface area contributed by atoms with Crippen LogP contribution in [0.1, 0.15) is 27.2 Å². The van der Waals surface area contributed by atoms with E-state index in [1.807, 2.05) is 13.1 Å². The van der Waals surface area contributed by atoms with Gasteiger partial charge in [-0.25, -0.2) is 0 Å². The Bertz CT molecular complexity index is 79.0. The molecular formula is C7H16N2. The normalized spacial score (nSPS) is 10.6. The van der Waals surface area contributed by atoms with Crippen LogP contribution in [-0.4, -0.2) is 24.3 Å². The van der Waals surface area contributed by atoms with Crippen molar-refractivity contribution in [3.05, 3.63) is 0 Å². The van der Waals surface area contributed by atoms with Gasteiger partial charge < -0.3 is 0 Å². The standard InChI is InChI=1S/C7H16N2/c1-4-7-9(6-3)8-5-2/h5H,4,6-7H2,1-3H3/b8-5-. The lowest BCUT2D eigenvalue weighted by atomic mass is 10.5. The Balaban J connectivity index is 3.41. The van der Waals surface area contributed by atoms with Crippen molar-refractivity contribution in [1.29, 1.82) is 0 Å². The van der Waals surface area contributed by atoms with Crippen molar-refractivity contribution in [3.8, 4) is 0 Å². The fourth-order valence-corrected chi connectivity index (χ4v) is 0.719. The summed E-state index contributed by atoms with van der Waals surface area (Å²) >= 11 is 0. The molecule has 54 valence electrons. The van der Waals surface area contributed by atoms with E-state index in [0.29, 0.717) is 0 Å². The van der Waals surface area contributed by atoms with Crippen LogP contribution in [0.5, 0.6) is 0 Å². The summed E-state index contributed by atoms with van der Waals surface area (Å²) in [7, 11) is 0. The first-order valence-corrected chi connectivity index (χ1v) is 3.58. The summed E-state index contributed by atoms with van der Waals surface area (Å²) in [6, 6.07) is 0. The maximum atomic E-state index is 4.14. The average Bonchev–Trinajstić information content (AvgIpc) is 1.88. The van der Waals surface area contributed by atoms with E-state index in [1.165, 1.54) is 6.42 Å². The third-order valence-electron chi connectivity index (χ3n) is 1.13. The molecule has 0 rings (SSSR count). The van der Waals surface area contributed by atoms with Crippen LogP contribution in [0.4, 0.5) is 0 Å². The zero-order valence-corrected chi connectivity index (χ0v) is 6.59. The molecule has 0 radical (unpaired) electrons. The third kappa shape index (κ3) is 4.01. The molecular weight excluding hydrogens is 112 g/mol. The first-order valence-electron chi connectivity index (χ1n) is 3.58. The summed E-state index contributed by atoms with van der Waals surface area (Å²) in [6.45, 7) is 8.30. The number of hydrazone groups is 1. The third-order valence-corrected chi connectivity index (χ3v) is 1.13. The molecule has 0 aliphatic heterocycles. The molecule has 0 spiro atoms. The summed E-state index contributed by atoms with van der Waals surface area (Å²) in [6.07, 6.45) is 3.00. The van der Waals surface area contributed by atoms with Gasteiger partial charge in [-0.3, -0.25) is 5.01 Å². The molecule has 2 nitrogen and oxygen atoms in total. The van der Waals surface area contributed by atoms with Gasteiger partial charge in [0, 0.05) is 19.3 Å². The fraction of sp³-hybridized carbons (Fsp3) is 0.857. The van der Waals surface area contributed by atoms with E-state index < -0.39 is 0 Å². The average molecular weight is 128 g/mol. The minimum Gasteiger partial charge on any atom is -0.298 e. The van der Waals surface area contributed by atoms with Gasteiger partial charge in [0.05, 0.1) is 0 Å².